The van der Waals surface area contributed by atoms with Crippen molar-refractivity contribution in [1.29, 1.82) is 0 Å². The zero-order chi connectivity index (χ0) is 13.0. The minimum atomic E-state index is 0.515. The highest BCUT2D eigenvalue weighted by molar-refractivity contribution is 5.30. The quantitative estimate of drug-likeness (QED) is 0.798. The Balaban J connectivity index is 1.87. The molecule has 0 aromatic heterocycles. The van der Waals surface area contributed by atoms with Crippen molar-refractivity contribution in [2.75, 3.05) is 20.2 Å². The highest BCUT2D eigenvalue weighted by Gasteiger charge is 2.41. The van der Waals surface area contributed by atoms with Crippen LogP contribution in [0.15, 0.2) is 24.3 Å². The van der Waals surface area contributed by atoms with Crippen LogP contribution < -0.4 is 10.1 Å². The summed E-state index contributed by atoms with van der Waals surface area (Å²) < 4.78 is 5.29. The fourth-order valence-electron chi connectivity index (χ4n) is 2.43. The first-order chi connectivity index (χ1) is 8.63. The summed E-state index contributed by atoms with van der Waals surface area (Å²) in [7, 11) is 1.73. The number of hydrogen-bond acceptors (Lipinski definition) is 2. The predicted octanol–water partition coefficient (Wildman–Crippen LogP) is 3.26. The van der Waals surface area contributed by atoms with Crippen LogP contribution in [0.4, 0.5) is 0 Å². The molecular weight excluding hydrogens is 222 g/mol. The zero-order valence-corrected chi connectivity index (χ0v) is 11.8. The van der Waals surface area contributed by atoms with Gasteiger partial charge in [0.05, 0.1) is 7.11 Å². The van der Waals surface area contributed by atoms with Crippen LogP contribution in [-0.2, 0) is 6.42 Å². The molecule has 0 spiro atoms. The molecule has 0 heterocycles. The second kappa shape index (κ2) is 5.75. The maximum Gasteiger partial charge on any atom is 0.119 e. The minimum Gasteiger partial charge on any atom is -0.497 e. The monoisotopic (exact) mass is 247 g/mol. The third-order valence-corrected chi connectivity index (χ3v) is 3.72. The van der Waals surface area contributed by atoms with Gasteiger partial charge in [-0.05, 0) is 54.8 Å². The lowest BCUT2D eigenvalue weighted by molar-refractivity contribution is 0.411. The summed E-state index contributed by atoms with van der Waals surface area (Å²) in [5.74, 6) is 1.70. The van der Waals surface area contributed by atoms with E-state index in [-0.39, 0.29) is 0 Å². The summed E-state index contributed by atoms with van der Waals surface area (Å²) in [5, 5.41) is 3.61. The smallest absolute Gasteiger partial charge is 0.119 e. The van der Waals surface area contributed by atoms with Gasteiger partial charge in [0.15, 0.2) is 0 Å². The summed E-state index contributed by atoms with van der Waals surface area (Å²) in [6, 6.07) is 8.49. The van der Waals surface area contributed by atoms with Crippen molar-refractivity contribution in [3.05, 3.63) is 29.8 Å². The number of hydrogen-bond donors (Lipinski definition) is 1. The molecule has 0 unspecified atom stereocenters. The highest BCUT2D eigenvalue weighted by Crippen LogP contribution is 2.48. The molecule has 1 N–H and O–H groups in total. The van der Waals surface area contributed by atoms with E-state index in [2.05, 4.69) is 37.4 Å². The molecule has 0 amide bonds. The molecule has 1 saturated carbocycles. The van der Waals surface area contributed by atoms with Gasteiger partial charge in [0, 0.05) is 6.54 Å². The number of rotatable bonds is 7. The average molecular weight is 247 g/mol. The van der Waals surface area contributed by atoms with Crippen molar-refractivity contribution in [2.45, 2.75) is 33.1 Å². The van der Waals surface area contributed by atoms with Crippen molar-refractivity contribution >= 4 is 0 Å². The van der Waals surface area contributed by atoms with Gasteiger partial charge in [0.1, 0.15) is 5.75 Å². The van der Waals surface area contributed by atoms with Crippen LogP contribution in [0.2, 0.25) is 0 Å². The molecule has 1 fully saturated rings. The molecule has 2 heteroatoms. The lowest BCUT2D eigenvalue weighted by atomic mass is 9.96. The van der Waals surface area contributed by atoms with Gasteiger partial charge in [-0.1, -0.05) is 26.0 Å². The first-order valence-corrected chi connectivity index (χ1v) is 6.97. The van der Waals surface area contributed by atoms with E-state index in [0.717, 1.165) is 24.8 Å². The van der Waals surface area contributed by atoms with E-state index >= 15 is 0 Å². The molecule has 0 saturated heterocycles. The Morgan fingerprint density at radius 1 is 1.33 bits per heavy atom. The van der Waals surface area contributed by atoms with Crippen LogP contribution in [0, 0.1) is 11.3 Å². The number of nitrogens with one attached hydrogen (secondary N) is 1. The van der Waals surface area contributed by atoms with E-state index in [9.17, 15) is 0 Å². The molecule has 0 bridgehead atoms. The number of methoxy groups -OCH3 is 1. The van der Waals surface area contributed by atoms with Gasteiger partial charge in [0.2, 0.25) is 0 Å². The summed E-state index contributed by atoms with van der Waals surface area (Å²) in [5.41, 5.74) is 1.92. The average Bonchev–Trinajstić information content (AvgIpc) is 3.09. The lowest BCUT2D eigenvalue weighted by Gasteiger charge is -2.17. The zero-order valence-electron chi connectivity index (χ0n) is 11.8. The number of ether oxygens (including phenoxy) is 1. The second-order valence-corrected chi connectivity index (χ2v) is 6.05. The van der Waals surface area contributed by atoms with Gasteiger partial charge in [-0.2, -0.15) is 0 Å². The van der Waals surface area contributed by atoms with Crippen molar-refractivity contribution in [1.82, 2.24) is 5.32 Å². The standard InChI is InChI=1S/C16H25NO/c1-13(2)11-17-12-16(7-8-16)10-14-5-4-6-15(9-14)18-3/h4-6,9,13,17H,7-8,10-12H2,1-3H3. The Hall–Kier alpha value is -1.02. The van der Waals surface area contributed by atoms with E-state index in [0.29, 0.717) is 5.41 Å². The Morgan fingerprint density at radius 2 is 2.11 bits per heavy atom. The van der Waals surface area contributed by atoms with Crippen LogP contribution >= 0.6 is 0 Å². The lowest BCUT2D eigenvalue weighted by Crippen LogP contribution is -2.28. The molecule has 1 aromatic rings. The molecule has 1 aromatic carbocycles. The molecule has 2 rings (SSSR count). The van der Waals surface area contributed by atoms with Crippen LogP contribution in [0.5, 0.6) is 5.75 Å². The van der Waals surface area contributed by atoms with Gasteiger partial charge in [-0.3, -0.25) is 0 Å². The largest absolute Gasteiger partial charge is 0.497 e. The second-order valence-electron chi connectivity index (χ2n) is 6.05. The fraction of sp³-hybridized carbons (Fsp3) is 0.625. The third-order valence-electron chi connectivity index (χ3n) is 3.72. The van der Waals surface area contributed by atoms with Crippen molar-refractivity contribution in [3.8, 4) is 5.75 Å². The van der Waals surface area contributed by atoms with Gasteiger partial charge >= 0.3 is 0 Å². The molecular formula is C16H25NO. The van der Waals surface area contributed by atoms with Gasteiger partial charge < -0.3 is 10.1 Å². The van der Waals surface area contributed by atoms with Crippen LogP contribution in [-0.4, -0.2) is 20.2 Å². The molecule has 0 radical (unpaired) electrons. The summed E-state index contributed by atoms with van der Waals surface area (Å²) >= 11 is 0. The first-order valence-electron chi connectivity index (χ1n) is 6.97. The van der Waals surface area contributed by atoms with Crippen molar-refractivity contribution in [3.63, 3.8) is 0 Å². The minimum absolute atomic E-state index is 0.515. The fourth-order valence-corrected chi connectivity index (χ4v) is 2.43. The topological polar surface area (TPSA) is 21.3 Å². The molecule has 2 nitrogen and oxygen atoms in total. The molecule has 0 aliphatic heterocycles. The van der Waals surface area contributed by atoms with E-state index in [4.69, 9.17) is 4.74 Å². The van der Waals surface area contributed by atoms with Gasteiger partial charge in [-0.25, -0.2) is 0 Å². The first kappa shape index (κ1) is 13.4. The van der Waals surface area contributed by atoms with Crippen molar-refractivity contribution < 1.29 is 4.74 Å². The number of benzene rings is 1. The van der Waals surface area contributed by atoms with Crippen molar-refractivity contribution in [2.24, 2.45) is 11.3 Å². The Bertz CT molecular complexity index is 382. The predicted molar refractivity (Wildman–Crippen MR) is 76.1 cm³/mol. The summed E-state index contributed by atoms with van der Waals surface area (Å²) in [4.78, 5) is 0. The summed E-state index contributed by atoms with van der Waals surface area (Å²) in [6.45, 7) is 6.80. The molecule has 0 atom stereocenters. The Morgan fingerprint density at radius 3 is 2.72 bits per heavy atom. The van der Waals surface area contributed by atoms with Crippen LogP contribution in [0.25, 0.3) is 0 Å². The van der Waals surface area contributed by atoms with Crippen LogP contribution in [0.1, 0.15) is 32.3 Å². The SMILES string of the molecule is COc1cccc(CC2(CNCC(C)C)CC2)c1. The van der Waals surface area contributed by atoms with E-state index in [1.54, 1.807) is 7.11 Å². The summed E-state index contributed by atoms with van der Waals surface area (Å²) in [6.07, 6.45) is 3.89. The Labute approximate surface area is 111 Å². The maximum absolute atomic E-state index is 5.29. The molecule has 18 heavy (non-hydrogen) atoms. The van der Waals surface area contributed by atoms with E-state index in [1.807, 2.05) is 6.07 Å². The molecule has 100 valence electrons. The Kier molecular flexibility index (Phi) is 4.28. The van der Waals surface area contributed by atoms with Gasteiger partial charge in [0.25, 0.3) is 0 Å². The third kappa shape index (κ3) is 3.74. The normalized spacial score (nSPS) is 16.9. The van der Waals surface area contributed by atoms with Gasteiger partial charge in [-0.15, -0.1) is 0 Å². The van der Waals surface area contributed by atoms with E-state index in [1.165, 1.54) is 24.8 Å². The molecule has 1 aliphatic rings. The maximum atomic E-state index is 5.29. The molecule has 1 aliphatic carbocycles. The highest BCUT2D eigenvalue weighted by atomic mass is 16.5. The van der Waals surface area contributed by atoms with Crippen LogP contribution in [0.3, 0.4) is 0 Å². The van der Waals surface area contributed by atoms with E-state index < -0.39 is 0 Å².